The number of carbonyl (C=O) groups excluding carboxylic acids is 2. The first-order valence-electron chi connectivity index (χ1n) is 12.8. The van der Waals surface area contributed by atoms with E-state index >= 15 is 0 Å². The van der Waals surface area contributed by atoms with Gasteiger partial charge in [-0.15, -0.1) is 0 Å². The lowest BCUT2D eigenvalue weighted by Crippen LogP contribution is -2.48. The number of Topliss-reactive ketones (excluding diaryl/α,β-unsaturated/α-hetero) is 1. The average molecular weight is 520 g/mol. The molecule has 1 aromatic heterocycles. The third-order valence-corrected chi connectivity index (χ3v) is 7.87. The molecule has 38 heavy (non-hydrogen) atoms. The van der Waals surface area contributed by atoms with Crippen molar-refractivity contribution in [3.63, 3.8) is 0 Å². The van der Waals surface area contributed by atoms with Gasteiger partial charge >= 0.3 is 5.97 Å². The first kappa shape index (κ1) is 25.8. The number of allylic oxidation sites excluding steroid dienone is 2. The van der Waals surface area contributed by atoms with Crippen molar-refractivity contribution in [3.8, 4) is 11.4 Å². The Morgan fingerprint density at radius 2 is 1.92 bits per heavy atom. The van der Waals surface area contributed by atoms with E-state index in [0.29, 0.717) is 41.2 Å². The van der Waals surface area contributed by atoms with Crippen molar-refractivity contribution in [2.24, 2.45) is 11.3 Å². The minimum absolute atomic E-state index is 0.0716. The van der Waals surface area contributed by atoms with Crippen LogP contribution in [-0.4, -0.2) is 57.6 Å². The van der Waals surface area contributed by atoms with E-state index in [9.17, 15) is 19.5 Å². The van der Waals surface area contributed by atoms with Crippen molar-refractivity contribution in [2.75, 3.05) is 14.2 Å². The molecule has 9 heteroatoms. The zero-order valence-corrected chi connectivity index (χ0v) is 22.6. The summed E-state index contributed by atoms with van der Waals surface area (Å²) in [7, 11) is 3.20. The number of ketones is 1. The summed E-state index contributed by atoms with van der Waals surface area (Å²) in [4.78, 5) is 42.4. The number of aromatic carboxylic acids is 1. The van der Waals surface area contributed by atoms with E-state index in [1.807, 2.05) is 13.8 Å². The Morgan fingerprint density at radius 1 is 1.18 bits per heavy atom. The van der Waals surface area contributed by atoms with Gasteiger partial charge in [-0.05, 0) is 29.5 Å². The highest BCUT2D eigenvalue weighted by Gasteiger charge is 2.50. The standard InChI is InChI=1S/C29H33N3O6/c1-15(2)17-12-20-25(27(34)31(17)5)26(23-18(33)13-29(3,4)14-21(23)38-20)24-19(37-6)9-8-16(22(24)28(35)36)32-11-7-10-30-32/h7-11,15,17,26H,12-14H2,1-6H3,(H,35,36)/t17-,26+/m0/s1. The fourth-order valence-corrected chi connectivity index (χ4v) is 6.11. The quantitative estimate of drug-likeness (QED) is 0.620. The molecule has 0 fully saturated rings. The van der Waals surface area contributed by atoms with Crippen molar-refractivity contribution in [3.05, 3.63) is 64.4 Å². The van der Waals surface area contributed by atoms with Crippen molar-refractivity contribution < 1.29 is 29.0 Å². The first-order chi connectivity index (χ1) is 17.9. The summed E-state index contributed by atoms with van der Waals surface area (Å²) < 4.78 is 13.6. The number of benzene rings is 1. The molecule has 2 aromatic rings. The van der Waals surface area contributed by atoms with Gasteiger partial charge in [0.15, 0.2) is 5.78 Å². The summed E-state index contributed by atoms with van der Waals surface area (Å²) in [5, 5.41) is 14.8. The first-order valence-corrected chi connectivity index (χ1v) is 12.8. The third kappa shape index (κ3) is 4.01. The fourth-order valence-electron chi connectivity index (χ4n) is 6.11. The van der Waals surface area contributed by atoms with Gasteiger partial charge in [0, 0.05) is 55.9 Å². The smallest absolute Gasteiger partial charge is 0.338 e. The van der Waals surface area contributed by atoms with Gasteiger partial charge in [0.25, 0.3) is 5.91 Å². The molecule has 0 saturated carbocycles. The Kier molecular flexibility index (Phi) is 6.20. The normalized spacial score (nSPS) is 22.9. The van der Waals surface area contributed by atoms with Gasteiger partial charge in [-0.2, -0.15) is 5.10 Å². The number of likely N-dealkylation sites (N-methyl/N-ethyl adjacent to an activating group) is 1. The van der Waals surface area contributed by atoms with Crippen molar-refractivity contribution in [1.29, 1.82) is 0 Å². The molecule has 1 aromatic carbocycles. The lowest BCUT2D eigenvalue weighted by Gasteiger charge is -2.45. The van der Waals surface area contributed by atoms with Crippen LogP contribution in [0.25, 0.3) is 5.69 Å². The van der Waals surface area contributed by atoms with E-state index in [2.05, 4.69) is 18.9 Å². The number of aromatic nitrogens is 2. The number of hydrogen-bond donors (Lipinski definition) is 1. The second-order valence-electron chi connectivity index (χ2n) is 11.4. The Bertz CT molecular complexity index is 1400. The molecular weight excluding hydrogens is 486 g/mol. The predicted octanol–water partition coefficient (Wildman–Crippen LogP) is 4.48. The number of carboxylic acids is 1. The predicted molar refractivity (Wildman–Crippen MR) is 139 cm³/mol. The van der Waals surface area contributed by atoms with E-state index in [-0.39, 0.29) is 52.4 Å². The van der Waals surface area contributed by atoms with Crippen LogP contribution < -0.4 is 4.74 Å². The van der Waals surface area contributed by atoms with Crippen LogP contribution in [0.5, 0.6) is 5.75 Å². The Labute approximate surface area is 221 Å². The van der Waals surface area contributed by atoms with Gasteiger partial charge in [0.2, 0.25) is 0 Å². The number of rotatable bonds is 5. The molecule has 1 amide bonds. The van der Waals surface area contributed by atoms with E-state index < -0.39 is 11.9 Å². The maximum absolute atomic E-state index is 14.0. The SMILES string of the molecule is COc1ccc(-n2cccn2)c(C(=O)O)c1[C@H]1C2=C(CC(C)(C)CC2=O)OC2=C1C(=O)N(C)[C@H](C(C)C)C2. The summed E-state index contributed by atoms with van der Waals surface area (Å²) in [5.74, 6) is -1.12. The zero-order chi connectivity index (χ0) is 27.5. The van der Waals surface area contributed by atoms with E-state index in [1.165, 1.54) is 11.8 Å². The van der Waals surface area contributed by atoms with Crippen LogP contribution in [0.15, 0.2) is 53.3 Å². The van der Waals surface area contributed by atoms with Crippen LogP contribution in [0.2, 0.25) is 0 Å². The molecule has 0 radical (unpaired) electrons. The van der Waals surface area contributed by atoms with Gasteiger partial charge in [-0.3, -0.25) is 9.59 Å². The molecule has 0 spiro atoms. The largest absolute Gasteiger partial charge is 0.496 e. The molecule has 0 bridgehead atoms. The minimum atomic E-state index is -1.21. The molecule has 3 heterocycles. The molecule has 2 atom stereocenters. The van der Waals surface area contributed by atoms with Crippen LogP contribution in [0.3, 0.4) is 0 Å². The van der Waals surface area contributed by atoms with Crippen LogP contribution in [0.1, 0.15) is 68.8 Å². The van der Waals surface area contributed by atoms with E-state index in [1.54, 1.807) is 42.5 Å². The summed E-state index contributed by atoms with van der Waals surface area (Å²) in [6, 6.07) is 4.90. The zero-order valence-electron chi connectivity index (χ0n) is 22.6. The van der Waals surface area contributed by atoms with E-state index in [4.69, 9.17) is 9.47 Å². The number of nitrogens with zero attached hydrogens (tertiary/aromatic N) is 3. The maximum atomic E-state index is 14.0. The second-order valence-corrected chi connectivity index (χ2v) is 11.4. The molecular formula is C29H33N3O6. The number of ether oxygens (including phenoxy) is 2. The van der Waals surface area contributed by atoms with Crippen LogP contribution in [0, 0.1) is 11.3 Å². The summed E-state index contributed by atoms with van der Waals surface area (Å²) >= 11 is 0. The number of carbonyl (C=O) groups is 3. The molecule has 2 aliphatic heterocycles. The number of methoxy groups -OCH3 is 1. The van der Waals surface area contributed by atoms with Crippen LogP contribution in [0.4, 0.5) is 0 Å². The lowest BCUT2D eigenvalue weighted by atomic mass is 9.68. The Morgan fingerprint density at radius 3 is 2.53 bits per heavy atom. The summed E-state index contributed by atoms with van der Waals surface area (Å²) in [6.45, 7) is 8.12. The monoisotopic (exact) mass is 519 g/mol. The molecule has 0 unspecified atom stereocenters. The third-order valence-electron chi connectivity index (χ3n) is 7.87. The van der Waals surface area contributed by atoms with Gasteiger partial charge in [0.05, 0.1) is 29.9 Å². The molecule has 9 nitrogen and oxygen atoms in total. The summed E-state index contributed by atoms with van der Waals surface area (Å²) in [6.07, 6.45) is 4.45. The maximum Gasteiger partial charge on any atom is 0.338 e. The van der Waals surface area contributed by atoms with Gasteiger partial charge in [-0.1, -0.05) is 27.7 Å². The van der Waals surface area contributed by atoms with Crippen molar-refractivity contribution >= 4 is 17.7 Å². The molecule has 0 saturated heterocycles. The molecule has 3 aliphatic rings. The second kappa shape index (κ2) is 9.15. The van der Waals surface area contributed by atoms with Crippen molar-refractivity contribution in [2.45, 2.75) is 58.9 Å². The van der Waals surface area contributed by atoms with Gasteiger partial charge in [0.1, 0.15) is 17.3 Å². The number of hydrogen-bond acceptors (Lipinski definition) is 6. The summed E-state index contributed by atoms with van der Waals surface area (Å²) in [5.41, 5.74) is 0.809. The Balaban J connectivity index is 1.85. The highest BCUT2D eigenvalue weighted by atomic mass is 16.5. The molecule has 1 N–H and O–H groups in total. The topological polar surface area (TPSA) is 111 Å². The number of carboxylic acid groups (broad SMARTS) is 1. The van der Waals surface area contributed by atoms with E-state index in [0.717, 1.165) is 0 Å². The fraction of sp³-hybridized carbons (Fsp3) is 0.448. The van der Waals surface area contributed by atoms with Gasteiger partial charge in [-0.25, -0.2) is 9.48 Å². The molecule has 1 aliphatic carbocycles. The molecule has 200 valence electrons. The van der Waals surface area contributed by atoms with Crippen LogP contribution >= 0.6 is 0 Å². The highest BCUT2D eigenvalue weighted by molar-refractivity contribution is 6.07. The van der Waals surface area contributed by atoms with Crippen LogP contribution in [-0.2, 0) is 14.3 Å². The average Bonchev–Trinajstić information content (AvgIpc) is 3.38. The van der Waals surface area contributed by atoms with Crippen molar-refractivity contribution in [1.82, 2.24) is 14.7 Å². The lowest BCUT2D eigenvalue weighted by molar-refractivity contribution is -0.131. The molecule has 5 rings (SSSR count). The minimum Gasteiger partial charge on any atom is -0.496 e. The Hall–Kier alpha value is -3.88. The number of amides is 1. The highest BCUT2D eigenvalue weighted by Crippen LogP contribution is 2.53. The van der Waals surface area contributed by atoms with Gasteiger partial charge < -0.3 is 19.5 Å².